The summed E-state index contributed by atoms with van der Waals surface area (Å²) in [6.45, 7) is 13.7. The molecule has 1 heterocycles. The van der Waals surface area contributed by atoms with Crippen molar-refractivity contribution in [2.75, 3.05) is 0 Å². The predicted molar refractivity (Wildman–Crippen MR) is 69.8 cm³/mol. The van der Waals surface area contributed by atoms with Crippen LogP contribution in [0.3, 0.4) is 0 Å². The van der Waals surface area contributed by atoms with Crippen LogP contribution in [0.4, 0.5) is 0 Å². The van der Waals surface area contributed by atoms with Crippen molar-refractivity contribution >= 4 is 6.08 Å². The molecule has 2 nitrogen and oxygen atoms in total. The largest absolute Gasteiger partial charge is 0.335 e. The zero-order valence-electron chi connectivity index (χ0n) is 10.9. The number of rotatable bonds is 2. The second kappa shape index (κ2) is 10.8. The minimum Gasteiger partial charge on any atom is -0.335 e. The Balaban J connectivity index is 0. The lowest BCUT2D eigenvalue weighted by Crippen LogP contribution is -1.89. The van der Waals surface area contributed by atoms with Crippen molar-refractivity contribution in [1.29, 1.82) is 0 Å². The smallest absolute Gasteiger partial charge is 0.132 e. The molecule has 0 saturated heterocycles. The van der Waals surface area contributed by atoms with Crippen molar-refractivity contribution in [2.45, 2.75) is 34.6 Å². The summed E-state index contributed by atoms with van der Waals surface area (Å²) in [6, 6.07) is 0. The third-order valence-corrected chi connectivity index (χ3v) is 1.54. The predicted octanol–water partition coefficient (Wildman–Crippen LogP) is 4.06. The molecule has 0 bridgehead atoms. The molecule has 0 atom stereocenters. The zero-order chi connectivity index (χ0) is 12.3. The summed E-state index contributed by atoms with van der Waals surface area (Å²) < 4.78 is 1.97. The minimum absolute atomic E-state index is 0.961. The molecule has 0 amide bonds. The first-order valence-electron chi connectivity index (χ1n) is 5.52. The first-order valence-corrected chi connectivity index (χ1v) is 5.52. The van der Waals surface area contributed by atoms with E-state index in [9.17, 15) is 0 Å². The molecule has 0 saturated carbocycles. The van der Waals surface area contributed by atoms with Gasteiger partial charge in [0.2, 0.25) is 0 Å². The fourth-order valence-corrected chi connectivity index (χ4v) is 0.779. The quantitative estimate of drug-likeness (QED) is 0.670. The van der Waals surface area contributed by atoms with E-state index < -0.39 is 0 Å². The lowest BCUT2D eigenvalue weighted by Gasteiger charge is -1.94. The summed E-state index contributed by atoms with van der Waals surface area (Å²) in [4.78, 5) is 4.14. The Morgan fingerprint density at radius 1 is 1.33 bits per heavy atom. The normalized spacial score (nSPS) is 9.33. The van der Waals surface area contributed by atoms with E-state index in [1.54, 1.807) is 6.20 Å². The molecule has 15 heavy (non-hydrogen) atoms. The average Bonchev–Trinajstić information content (AvgIpc) is 2.70. The summed E-state index contributed by atoms with van der Waals surface area (Å²) in [5.74, 6) is 0.961. The van der Waals surface area contributed by atoms with Crippen LogP contribution < -0.4 is 0 Å². The van der Waals surface area contributed by atoms with E-state index in [4.69, 9.17) is 0 Å². The summed E-state index contributed by atoms with van der Waals surface area (Å²) in [5, 5.41) is 0. The van der Waals surface area contributed by atoms with E-state index in [-0.39, 0.29) is 0 Å². The highest BCUT2D eigenvalue weighted by Crippen LogP contribution is 2.02. The molecule has 0 N–H and O–H groups in total. The van der Waals surface area contributed by atoms with Gasteiger partial charge in [-0.15, -0.1) is 0 Å². The van der Waals surface area contributed by atoms with Crippen LogP contribution in [0, 0.1) is 0 Å². The average molecular weight is 208 g/mol. The SMILES string of the molecule is C=C/C(C)=C\c1nccn1C.CC.CC. The Hall–Kier alpha value is -1.31. The molecule has 0 spiro atoms. The highest BCUT2D eigenvalue weighted by Gasteiger charge is 1.92. The number of nitrogens with zero attached hydrogens (tertiary/aromatic N) is 2. The van der Waals surface area contributed by atoms with Crippen molar-refractivity contribution in [3.8, 4) is 0 Å². The molecule has 0 aromatic carbocycles. The highest BCUT2D eigenvalue weighted by molar-refractivity contribution is 5.48. The molecule has 0 aliphatic rings. The fourth-order valence-electron chi connectivity index (χ4n) is 0.779. The topological polar surface area (TPSA) is 17.8 Å². The standard InChI is InChI=1S/C9H12N2.2C2H6/c1-4-8(2)7-9-10-5-6-11(9)3;2*1-2/h4-7H,1H2,2-3H3;2*1-2H3/b8-7-;;. The fraction of sp³-hybridized carbons (Fsp3) is 0.462. The first kappa shape index (κ1) is 16.1. The minimum atomic E-state index is 0.961. The van der Waals surface area contributed by atoms with Gasteiger partial charge in [-0.2, -0.15) is 0 Å². The van der Waals surface area contributed by atoms with Gasteiger partial charge in [-0.25, -0.2) is 4.98 Å². The number of aromatic nitrogens is 2. The van der Waals surface area contributed by atoms with Gasteiger partial charge in [0.1, 0.15) is 5.82 Å². The van der Waals surface area contributed by atoms with Crippen LogP contribution in [0.25, 0.3) is 6.08 Å². The van der Waals surface area contributed by atoms with Gasteiger partial charge in [-0.3, -0.25) is 0 Å². The Bertz CT molecular complexity index is 282. The lowest BCUT2D eigenvalue weighted by atomic mass is 10.3. The molecule has 1 rings (SSSR count). The Labute approximate surface area is 94.4 Å². The van der Waals surface area contributed by atoms with Gasteiger partial charge in [0, 0.05) is 19.4 Å². The van der Waals surface area contributed by atoms with Crippen LogP contribution >= 0.6 is 0 Å². The van der Waals surface area contributed by atoms with Crippen LogP contribution in [-0.2, 0) is 7.05 Å². The van der Waals surface area contributed by atoms with Crippen molar-refractivity contribution < 1.29 is 0 Å². The molecular formula is C13H24N2. The summed E-state index contributed by atoms with van der Waals surface area (Å²) >= 11 is 0. The van der Waals surface area contributed by atoms with Crippen LogP contribution in [0.1, 0.15) is 40.4 Å². The van der Waals surface area contributed by atoms with Crippen molar-refractivity contribution in [2.24, 2.45) is 7.05 Å². The second-order valence-corrected chi connectivity index (χ2v) is 2.49. The van der Waals surface area contributed by atoms with Gasteiger partial charge < -0.3 is 4.57 Å². The van der Waals surface area contributed by atoms with Gasteiger partial charge in [0.15, 0.2) is 0 Å². The van der Waals surface area contributed by atoms with E-state index in [0.29, 0.717) is 0 Å². The number of aryl methyl sites for hydroxylation is 1. The zero-order valence-corrected chi connectivity index (χ0v) is 10.9. The number of imidazole rings is 1. The molecule has 0 unspecified atom stereocenters. The maximum Gasteiger partial charge on any atom is 0.132 e. The van der Waals surface area contributed by atoms with Crippen molar-refractivity contribution in [1.82, 2.24) is 9.55 Å². The molecule has 0 radical (unpaired) electrons. The van der Waals surface area contributed by atoms with Crippen LogP contribution in [0.2, 0.25) is 0 Å². The lowest BCUT2D eigenvalue weighted by molar-refractivity contribution is 0.896. The van der Waals surface area contributed by atoms with Crippen molar-refractivity contribution in [3.63, 3.8) is 0 Å². The van der Waals surface area contributed by atoms with E-state index in [1.165, 1.54) is 0 Å². The third kappa shape index (κ3) is 6.72. The van der Waals surface area contributed by atoms with Gasteiger partial charge in [-0.1, -0.05) is 40.3 Å². The Morgan fingerprint density at radius 2 is 1.87 bits per heavy atom. The molecule has 1 aromatic rings. The van der Waals surface area contributed by atoms with E-state index in [2.05, 4.69) is 11.6 Å². The van der Waals surface area contributed by atoms with Gasteiger partial charge >= 0.3 is 0 Å². The second-order valence-electron chi connectivity index (χ2n) is 2.49. The summed E-state index contributed by atoms with van der Waals surface area (Å²) in [6.07, 6.45) is 7.51. The van der Waals surface area contributed by atoms with Crippen LogP contribution in [-0.4, -0.2) is 9.55 Å². The van der Waals surface area contributed by atoms with Gasteiger partial charge in [-0.05, 0) is 18.6 Å². The molecule has 0 aliphatic heterocycles. The first-order chi connectivity index (χ1) is 7.24. The summed E-state index contributed by atoms with van der Waals surface area (Å²) in [7, 11) is 1.97. The third-order valence-electron chi connectivity index (χ3n) is 1.54. The van der Waals surface area contributed by atoms with E-state index in [0.717, 1.165) is 11.4 Å². The van der Waals surface area contributed by atoms with Crippen LogP contribution in [0.15, 0.2) is 30.6 Å². The number of hydrogen-bond donors (Lipinski definition) is 0. The van der Waals surface area contributed by atoms with E-state index in [1.807, 2.05) is 64.6 Å². The monoisotopic (exact) mass is 208 g/mol. The highest BCUT2D eigenvalue weighted by atomic mass is 15.0. The molecule has 86 valence electrons. The Kier molecular flexibility index (Phi) is 11.6. The molecule has 2 heteroatoms. The Morgan fingerprint density at radius 3 is 2.20 bits per heavy atom. The molecule has 0 aliphatic carbocycles. The summed E-state index contributed by atoms with van der Waals surface area (Å²) in [5.41, 5.74) is 1.12. The number of hydrogen-bond acceptors (Lipinski definition) is 1. The molecule has 0 fully saturated rings. The number of allylic oxidation sites excluding steroid dienone is 2. The van der Waals surface area contributed by atoms with E-state index >= 15 is 0 Å². The molecular weight excluding hydrogens is 184 g/mol. The van der Waals surface area contributed by atoms with Crippen LogP contribution in [0.5, 0.6) is 0 Å². The molecule has 1 aromatic heterocycles. The maximum absolute atomic E-state index is 4.14. The van der Waals surface area contributed by atoms with Gasteiger partial charge in [0.25, 0.3) is 0 Å². The maximum atomic E-state index is 4.14. The van der Waals surface area contributed by atoms with Crippen molar-refractivity contribution in [3.05, 3.63) is 36.4 Å². The van der Waals surface area contributed by atoms with Gasteiger partial charge in [0.05, 0.1) is 0 Å².